The summed E-state index contributed by atoms with van der Waals surface area (Å²) >= 11 is 0. The summed E-state index contributed by atoms with van der Waals surface area (Å²) in [7, 11) is 0. The quantitative estimate of drug-likeness (QED) is 0.477. The lowest BCUT2D eigenvalue weighted by atomic mass is 10.0. The molecule has 2 aliphatic carbocycles. The summed E-state index contributed by atoms with van der Waals surface area (Å²) in [5.41, 5.74) is 1.02. The second-order valence-electron chi connectivity index (χ2n) is 2.91. The highest BCUT2D eigenvalue weighted by atomic mass is 16.3. The van der Waals surface area contributed by atoms with E-state index in [0.29, 0.717) is 11.8 Å². The summed E-state index contributed by atoms with van der Waals surface area (Å²) in [5, 5.41) is 9.34. The molecule has 1 fully saturated rings. The Morgan fingerprint density at radius 2 is 2.33 bits per heavy atom. The van der Waals surface area contributed by atoms with Crippen molar-refractivity contribution < 1.29 is 5.11 Å². The smallest absolute Gasteiger partial charge is 0.0816 e. The van der Waals surface area contributed by atoms with Crippen LogP contribution in [0.15, 0.2) is 24.3 Å². The summed E-state index contributed by atoms with van der Waals surface area (Å²) in [4.78, 5) is 0. The van der Waals surface area contributed by atoms with Gasteiger partial charge >= 0.3 is 0 Å². The van der Waals surface area contributed by atoms with Crippen LogP contribution in [0.1, 0.15) is 6.42 Å². The van der Waals surface area contributed by atoms with Crippen molar-refractivity contribution in [1.82, 2.24) is 0 Å². The van der Waals surface area contributed by atoms with E-state index in [1.807, 2.05) is 0 Å². The van der Waals surface area contributed by atoms with Crippen molar-refractivity contribution in [3.63, 3.8) is 0 Å². The Bertz CT molecular complexity index is 181. The predicted molar refractivity (Wildman–Crippen MR) is 35.9 cm³/mol. The van der Waals surface area contributed by atoms with Crippen molar-refractivity contribution in [1.29, 1.82) is 0 Å². The van der Waals surface area contributed by atoms with E-state index in [9.17, 15) is 5.11 Å². The largest absolute Gasteiger partial charge is 0.388 e. The number of hydrogen-bond donors (Lipinski definition) is 1. The highest BCUT2D eigenvalue weighted by Gasteiger charge is 2.37. The first-order valence-corrected chi connectivity index (χ1v) is 3.34. The highest BCUT2D eigenvalue weighted by Crippen LogP contribution is 2.41. The van der Waals surface area contributed by atoms with E-state index in [-0.39, 0.29) is 6.10 Å². The van der Waals surface area contributed by atoms with Crippen molar-refractivity contribution in [2.75, 3.05) is 0 Å². The zero-order valence-corrected chi connectivity index (χ0v) is 5.25. The van der Waals surface area contributed by atoms with Crippen molar-refractivity contribution in [2.45, 2.75) is 12.5 Å². The summed E-state index contributed by atoms with van der Waals surface area (Å²) in [5.74, 6) is 0.882. The second-order valence-corrected chi connectivity index (χ2v) is 2.91. The van der Waals surface area contributed by atoms with Gasteiger partial charge in [-0.05, 0) is 12.0 Å². The lowest BCUT2D eigenvalue weighted by Gasteiger charge is -2.12. The molecular weight excluding hydrogens is 112 g/mol. The van der Waals surface area contributed by atoms with Crippen molar-refractivity contribution in [3.05, 3.63) is 24.3 Å². The molecule has 0 amide bonds. The Balaban J connectivity index is 2.36. The van der Waals surface area contributed by atoms with Crippen LogP contribution in [0.4, 0.5) is 0 Å². The van der Waals surface area contributed by atoms with Crippen molar-refractivity contribution >= 4 is 0 Å². The van der Waals surface area contributed by atoms with Crippen LogP contribution in [0, 0.1) is 11.8 Å². The van der Waals surface area contributed by atoms with Crippen molar-refractivity contribution in [3.8, 4) is 0 Å². The van der Waals surface area contributed by atoms with Gasteiger partial charge in [0.25, 0.3) is 0 Å². The average Bonchev–Trinajstić information content (AvgIpc) is 2.37. The van der Waals surface area contributed by atoms with Gasteiger partial charge in [-0.15, -0.1) is 0 Å². The molecule has 0 radical (unpaired) electrons. The molecule has 0 aromatic carbocycles. The lowest BCUT2D eigenvalue weighted by Crippen LogP contribution is -2.14. The van der Waals surface area contributed by atoms with Crippen molar-refractivity contribution in [2.24, 2.45) is 11.8 Å². The Kier molecular flexibility index (Phi) is 0.862. The summed E-state index contributed by atoms with van der Waals surface area (Å²) < 4.78 is 0. The van der Waals surface area contributed by atoms with Gasteiger partial charge in [-0.1, -0.05) is 18.7 Å². The number of fused-ring (bicyclic) bond motifs is 2. The zero-order chi connectivity index (χ0) is 6.43. The summed E-state index contributed by atoms with van der Waals surface area (Å²) in [6, 6.07) is 0. The first kappa shape index (κ1) is 5.24. The fraction of sp³-hybridized carbons (Fsp3) is 0.500. The molecule has 2 aliphatic rings. The molecule has 48 valence electrons. The van der Waals surface area contributed by atoms with Gasteiger partial charge in [-0.3, -0.25) is 0 Å². The molecule has 0 aromatic rings. The van der Waals surface area contributed by atoms with Gasteiger partial charge in [0.15, 0.2) is 0 Å². The van der Waals surface area contributed by atoms with Crippen LogP contribution < -0.4 is 0 Å². The first-order chi connectivity index (χ1) is 4.29. The SMILES string of the molecule is C=C1C2C=CC(C2)[C@@H]1O. The third-order valence-corrected chi connectivity index (χ3v) is 2.38. The number of hydrogen-bond acceptors (Lipinski definition) is 1. The molecule has 2 bridgehead atoms. The molecule has 0 aromatic heterocycles. The molecule has 2 rings (SSSR count). The number of aliphatic hydroxyl groups excluding tert-OH is 1. The Labute approximate surface area is 54.7 Å². The monoisotopic (exact) mass is 122 g/mol. The third-order valence-electron chi connectivity index (χ3n) is 2.38. The minimum atomic E-state index is -0.236. The van der Waals surface area contributed by atoms with Gasteiger partial charge in [0.2, 0.25) is 0 Å². The maximum atomic E-state index is 9.34. The van der Waals surface area contributed by atoms with E-state index in [0.717, 1.165) is 12.0 Å². The standard InChI is InChI=1S/C8H10O/c1-5-6-2-3-7(4-6)8(5)9/h2-3,6-9H,1,4H2/t6?,7?,8-/m1/s1. The zero-order valence-electron chi connectivity index (χ0n) is 5.25. The van der Waals surface area contributed by atoms with E-state index >= 15 is 0 Å². The first-order valence-electron chi connectivity index (χ1n) is 3.34. The molecule has 9 heavy (non-hydrogen) atoms. The van der Waals surface area contributed by atoms with Gasteiger partial charge in [0.05, 0.1) is 6.10 Å². The number of rotatable bonds is 0. The summed E-state index contributed by atoms with van der Waals surface area (Å²) in [6.45, 7) is 3.82. The highest BCUT2D eigenvalue weighted by molar-refractivity contribution is 5.29. The fourth-order valence-electron chi connectivity index (χ4n) is 1.73. The van der Waals surface area contributed by atoms with Crippen LogP contribution in [0.25, 0.3) is 0 Å². The van der Waals surface area contributed by atoms with E-state index in [1.165, 1.54) is 0 Å². The number of allylic oxidation sites excluding steroid dienone is 1. The van der Waals surface area contributed by atoms with Gasteiger partial charge in [-0.25, -0.2) is 0 Å². The Morgan fingerprint density at radius 3 is 2.67 bits per heavy atom. The van der Waals surface area contributed by atoms with Gasteiger partial charge in [0.1, 0.15) is 0 Å². The Hall–Kier alpha value is -0.560. The van der Waals surface area contributed by atoms with Crippen LogP contribution >= 0.6 is 0 Å². The van der Waals surface area contributed by atoms with E-state index in [2.05, 4.69) is 18.7 Å². The molecule has 1 heteroatoms. The Morgan fingerprint density at radius 1 is 1.56 bits per heavy atom. The maximum Gasteiger partial charge on any atom is 0.0816 e. The molecule has 0 saturated heterocycles. The molecular formula is C8H10O. The van der Waals surface area contributed by atoms with E-state index in [1.54, 1.807) is 0 Å². The average molecular weight is 122 g/mol. The fourth-order valence-corrected chi connectivity index (χ4v) is 1.73. The molecule has 0 heterocycles. The molecule has 3 atom stereocenters. The van der Waals surface area contributed by atoms with Crippen LogP contribution in [-0.2, 0) is 0 Å². The molecule has 0 aliphatic heterocycles. The molecule has 0 spiro atoms. The topological polar surface area (TPSA) is 20.2 Å². The van der Waals surface area contributed by atoms with Gasteiger partial charge in [0, 0.05) is 11.8 Å². The maximum absolute atomic E-state index is 9.34. The third kappa shape index (κ3) is 0.527. The van der Waals surface area contributed by atoms with Crippen LogP contribution in [0.2, 0.25) is 0 Å². The predicted octanol–water partition coefficient (Wildman–Crippen LogP) is 1.11. The molecule has 2 unspecified atom stereocenters. The van der Waals surface area contributed by atoms with E-state index in [4.69, 9.17) is 0 Å². The normalized spacial score (nSPS) is 46.8. The van der Waals surface area contributed by atoms with E-state index < -0.39 is 0 Å². The minimum absolute atomic E-state index is 0.236. The second kappa shape index (κ2) is 1.48. The lowest BCUT2D eigenvalue weighted by molar-refractivity contribution is 0.185. The molecule has 1 nitrogen and oxygen atoms in total. The van der Waals surface area contributed by atoms with Crippen LogP contribution in [-0.4, -0.2) is 11.2 Å². The van der Waals surface area contributed by atoms with Gasteiger partial charge < -0.3 is 5.11 Å². The summed E-state index contributed by atoms with van der Waals surface area (Å²) in [6.07, 6.45) is 5.11. The van der Waals surface area contributed by atoms with Crippen LogP contribution in [0.5, 0.6) is 0 Å². The van der Waals surface area contributed by atoms with Crippen LogP contribution in [0.3, 0.4) is 0 Å². The molecule has 1 N–H and O–H groups in total. The van der Waals surface area contributed by atoms with Gasteiger partial charge in [-0.2, -0.15) is 0 Å². The molecule has 1 saturated carbocycles. The minimum Gasteiger partial charge on any atom is -0.388 e. The number of aliphatic hydroxyl groups is 1.